The van der Waals surface area contributed by atoms with Gasteiger partial charge in [-0.1, -0.05) is 24.3 Å². The Balaban J connectivity index is 1.70. The molecule has 1 fully saturated rings. The molecule has 0 aliphatic carbocycles. The summed E-state index contributed by atoms with van der Waals surface area (Å²) in [5, 5.41) is 3.67. The van der Waals surface area contributed by atoms with Gasteiger partial charge in [0.2, 0.25) is 0 Å². The van der Waals surface area contributed by atoms with Crippen molar-refractivity contribution in [2.24, 2.45) is 0 Å². The number of nitrogens with one attached hydrogen (secondary N) is 1. The molecule has 0 bridgehead atoms. The van der Waals surface area contributed by atoms with Crippen LogP contribution in [0.3, 0.4) is 0 Å². The average Bonchev–Trinajstić information content (AvgIpc) is 2.38. The van der Waals surface area contributed by atoms with Crippen molar-refractivity contribution >= 4 is 0 Å². The molecule has 2 aliphatic heterocycles. The van der Waals surface area contributed by atoms with E-state index in [4.69, 9.17) is 4.74 Å². The second-order valence-corrected chi connectivity index (χ2v) is 5.93. The van der Waals surface area contributed by atoms with Crippen molar-refractivity contribution in [1.82, 2.24) is 10.2 Å². The fourth-order valence-electron chi connectivity index (χ4n) is 3.45. The highest BCUT2D eigenvalue weighted by atomic mass is 16.5. The average molecular weight is 260 g/mol. The van der Waals surface area contributed by atoms with Gasteiger partial charge in [0, 0.05) is 25.7 Å². The van der Waals surface area contributed by atoms with Crippen molar-refractivity contribution in [1.29, 1.82) is 0 Å². The summed E-state index contributed by atoms with van der Waals surface area (Å²) in [4.78, 5) is 2.54. The SMILES string of the molecule is C[C@@H]1CN(CC2NCCc3ccccc32)C[C@H](C)O1. The lowest BCUT2D eigenvalue weighted by atomic mass is 9.94. The molecule has 2 heterocycles. The van der Waals surface area contributed by atoms with E-state index in [9.17, 15) is 0 Å². The molecule has 104 valence electrons. The highest BCUT2D eigenvalue weighted by Crippen LogP contribution is 2.24. The lowest BCUT2D eigenvalue weighted by molar-refractivity contribution is -0.0701. The van der Waals surface area contributed by atoms with Gasteiger partial charge < -0.3 is 10.1 Å². The lowest BCUT2D eigenvalue weighted by Crippen LogP contribution is -2.49. The lowest BCUT2D eigenvalue weighted by Gasteiger charge is -2.38. The first-order chi connectivity index (χ1) is 9.22. The van der Waals surface area contributed by atoms with Gasteiger partial charge in [0.15, 0.2) is 0 Å². The zero-order valence-electron chi connectivity index (χ0n) is 11.9. The smallest absolute Gasteiger partial charge is 0.0678 e. The molecule has 1 aromatic carbocycles. The third kappa shape index (κ3) is 2.99. The molecule has 0 aromatic heterocycles. The van der Waals surface area contributed by atoms with E-state index in [0.717, 1.165) is 32.6 Å². The minimum Gasteiger partial charge on any atom is -0.373 e. The molecule has 3 rings (SSSR count). The summed E-state index contributed by atoms with van der Waals surface area (Å²) in [6.45, 7) is 8.62. The quantitative estimate of drug-likeness (QED) is 0.880. The minimum atomic E-state index is 0.350. The molecule has 3 heteroatoms. The molecule has 19 heavy (non-hydrogen) atoms. The molecule has 0 radical (unpaired) electrons. The third-order valence-electron chi connectivity index (χ3n) is 4.15. The maximum absolute atomic E-state index is 5.81. The summed E-state index contributed by atoms with van der Waals surface area (Å²) in [5.41, 5.74) is 3.00. The molecule has 0 saturated carbocycles. The number of morpholine rings is 1. The first-order valence-corrected chi connectivity index (χ1v) is 7.41. The van der Waals surface area contributed by atoms with E-state index in [1.54, 1.807) is 0 Å². The van der Waals surface area contributed by atoms with Gasteiger partial charge in [0.25, 0.3) is 0 Å². The number of benzene rings is 1. The van der Waals surface area contributed by atoms with E-state index in [-0.39, 0.29) is 0 Å². The van der Waals surface area contributed by atoms with E-state index in [1.165, 1.54) is 11.1 Å². The Morgan fingerprint density at radius 3 is 2.74 bits per heavy atom. The first-order valence-electron chi connectivity index (χ1n) is 7.41. The van der Waals surface area contributed by atoms with E-state index < -0.39 is 0 Å². The van der Waals surface area contributed by atoms with Crippen LogP contribution < -0.4 is 5.32 Å². The minimum absolute atomic E-state index is 0.350. The number of ether oxygens (including phenoxy) is 1. The molecule has 0 spiro atoms. The highest BCUT2D eigenvalue weighted by molar-refractivity contribution is 5.32. The maximum atomic E-state index is 5.81. The fraction of sp³-hybridized carbons (Fsp3) is 0.625. The summed E-state index contributed by atoms with van der Waals surface area (Å²) < 4.78 is 5.81. The van der Waals surface area contributed by atoms with Gasteiger partial charge in [-0.15, -0.1) is 0 Å². The topological polar surface area (TPSA) is 24.5 Å². The van der Waals surface area contributed by atoms with Gasteiger partial charge in [0.05, 0.1) is 12.2 Å². The maximum Gasteiger partial charge on any atom is 0.0678 e. The molecule has 1 N–H and O–H groups in total. The van der Waals surface area contributed by atoms with E-state index >= 15 is 0 Å². The van der Waals surface area contributed by atoms with Crippen molar-refractivity contribution < 1.29 is 4.74 Å². The summed E-state index contributed by atoms with van der Waals surface area (Å²) in [7, 11) is 0. The number of rotatable bonds is 2. The van der Waals surface area contributed by atoms with E-state index in [2.05, 4.69) is 48.3 Å². The second-order valence-electron chi connectivity index (χ2n) is 5.93. The molecular formula is C16H24N2O. The molecule has 1 aromatic rings. The van der Waals surface area contributed by atoms with Gasteiger partial charge in [-0.2, -0.15) is 0 Å². The van der Waals surface area contributed by atoms with Crippen molar-refractivity contribution in [3.8, 4) is 0 Å². The van der Waals surface area contributed by atoms with E-state index in [0.29, 0.717) is 18.2 Å². The van der Waals surface area contributed by atoms with Crippen molar-refractivity contribution in [2.75, 3.05) is 26.2 Å². The van der Waals surface area contributed by atoms with Crippen LogP contribution in [-0.4, -0.2) is 43.3 Å². The van der Waals surface area contributed by atoms with Crippen molar-refractivity contribution in [3.05, 3.63) is 35.4 Å². The number of nitrogens with zero attached hydrogens (tertiary/aromatic N) is 1. The van der Waals surface area contributed by atoms with Gasteiger partial charge in [-0.3, -0.25) is 4.90 Å². The summed E-state index contributed by atoms with van der Waals surface area (Å²) in [5.74, 6) is 0. The predicted molar refractivity (Wildman–Crippen MR) is 77.3 cm³/mol. The largest absolute Gasteiger partial charge is 0.373 e. The van der Waals surface area contributed by atoms with Gasteiger partial charge in [0.1, 0.15) is 0 Å². The van der Waals surface area contributed by atoms with Crippen LogP contribution in [0.25, 0.3) is 0 Å². The molecule has 3 atom stereocenters. The zero-order valence-corrected chi connectivity index (χ0v) is 11.9. The molecule has 0 amide bonds. The Morgan fingerprint density at radius 1 is 1.21 bits per heavy atom. The first kappa shape index (κ1) is 13.1. The van der Waals surface area contributed by atoms with Crippen LogP contribution in [0.15, 0.2) is 24.3 Å². The Labute approximate surface area is 115 Å². The summed E-state index contributed by atoms with van der Waals surface area (Å²) in [6, 6.07) is 9.33. The predicted octanol–water partition coefficient (Wildman–Crippen LogP) is 1.98. The second kappa shape index (κ2) is 5.61. The van der Waals surface area contributed by atoms with Crippen LogP contribution >= 0.6 is 0 Å². The van der Waals surface area contributed by atoms with Crippen LogP contribution in [-0.2, 0) is 11.2 Å². The van der Waals surface area contributed by atoms with Crippen LogP contribution in [0.1, 0.15) is 31.0 Å². The Kier molecular flexibility index (Phi) is 3.87. The molecule has 2 aliphatic rings. The molecule has 1 saturated heterocycles. The standard InChI is InChI=1S/C16H24N2O/c1-12-9-18(10-13(2)19-12)11-16-15-6-4-3-5-14(15)7-8-17-16/h3-6,12-13,16-17H,7-11H2,1-2H3/t12-,13+,16?. The Morgan fingerprint density at radius 2 is 1.95 bits per heavy atom. The van der Waals surface area contributed by atoms with Gasteiger partial charge in [-0.05, 0) is 37.9 Å². The Hall–Kier alpha value is -0.900. The van der Waals surface area contributed by atoms with E-state index in [1.807, 2.05) is 0 Å². The zero-order chi connectivity index (χ0) is 13.2. The van der Waals surface area contributed by atoms with Gasteiger partial charge in [-0.25, -0.2) is 0 Å². The van der Waals surface area contributed by atoms with Crippen LogP contribution in [0, 0.1) is 0 Å². The fourth-order valence-corrected chi connectivity index (χ4v) is 3.45. The normalized spacial score (nSPS) is 32.0. The molecule has 3 nitrogen and oxygen atoms in total. The molecular weight excluding hydrogens is 236 g/mol. The van der Waals surface area contributed by atoms with Crippen LogP contribution in [0.4, 0.5) is 0 Å². The number of fused-ring (bicyclic) bond motifs is 1. The monoisotopic (exact) mass is 260 g/mol. The van der Waals surface area contributed by atoms with Crippen LogP contribution in [0.2, 0.25) is 0 Å². The summed E-state index contributed by atoms with van der Waals surface area (Å²) in [6.07, 6.45) is 1.85. The molecule has 1 unspecified atom stereocenters. The number of hydrogen-bond donors (Lipinski definition) is 1. The van der Waals surface area contributed by atoms with Crippen molar-refractivity contribution in [3.63, 3.8) is 0 Å². The highest BCUT2D eigenvalue weighted by Gasteiger charge is 2.26. The Bertz CT molecular complexity index is 425. The summed E-state index contributed by atoms with van der Waals surface area (Å²) >= 11 is 0. The van der Waals surface area contributed by atoms with Crippen LogP contribution in [0.5, 0.6) is 0 Å². The van der Waals surface area contributed by atoms with Crippen molar-refractivity contribution in [2.45, 2.75) is 38.5 Å². The third-order valence-corrected chi connectivity index (χ3v) is 4.15. The number of hydrogen-bond acceptors (Lipinski definition) is 3. The van der Waals surface area contributed by atoms with Gasteiger partial charge >= 0.3 is 0 Å².